The number of likely N-dealkylation sites (N-methyl/N-ethyl adjacent to an activating group) is 1. The van der Waals surface area contributed by atoms with Crippen molar-refractivity contribution in [2.24, 2.45) is 5.92 Å². The largest absolute Gasteiger partial charge is 0.306 e. The first-order valence-corrected chi connectivity index (χ1v) is 11.2. The van der Waals surface area contributed by atoms with Gasteiger partial charge in [-0.05, 0) is 69.3 Å². The molecule has 1 unspecified atom stereocenters. The van der Waals surface area contributed by atoms with Crippen LogP contribution in [0.1, 0.15) is 36.8 Å². The SMILES string of the molecule is CN(CCCC(C#N)(c1c(Br)cccc1Br)C1CC1)CCc1ccccc1. The van der Waals surface area contributed by atoms with E-state index in [0.29, 0.717) is 5.92 Å². The van der Waals surface area contributed by atoms with Gasteiger partial charge >= 0.3 is 0 Å². The minimum atomic E-state index is -0.390. The highest BCUT2D eigenvalue weighted by atomic mass is 79.9. The Labute approximate surface area is 179 Å². The van der Waals surface area contributed by atoms with Gasteiger partial charge in [-0.1, -0.05) is 68.3 Å². The van der Waals surface area contributed by atoms with Crippen LogP contribution in [0.15, 0.2) is 57.5 Å². The molecule has 2 aromatic carbocycles. The molecule has 1 aliphatic carbocycles. The van der Waals surface area contributed by atoms with Crippen LogP contribution in [0.5, 0.6) is 0 Å². The maximum atomic E-state index is 10.2. The van der Waals surface area contributed by atoms with Crippen LogP contribution in [0, 0.1) is 17.2 Å². The Hall–Kier alpha value is -1.15. The van der Waals surface area contributed by atoms with E-state index in [1.807, 2.05) is 6.07 Å². The van der Waals surface area contributed by atoms with E-state index in [1.54, 1.807) is 0 Å². The lowest BCUT2D eigenvalue weighted by molar-refractivity contribution is 0.308. The quantitative estimate of drug-likeness (QED) is 0.411. The Kier molecular flexibility index (Phi) is 7.14. The summed E-state index contributed by atoms with van der Waals surface area (Å²) >= 11 is 7.40. The number of halogens is 2. The van der Waals surface area contributed by atoms with E-state index >= 15 is 0 Å². The lowest BCUT2D eigenvalue weighted by atomic mass is 9.73. The first-order chi connectivity index (χ1) is 13.1. The second-order valence-electron chi connectivity index (χ2n) is 7.60. The predicted octanol–water partition coefficient (Wildman–Crippen LogP) is 6.34. The number of nitrogens with zero attached hydrogens (tertiary/aromatic N) is 2. The fourth-order valence-electron chi connectivity index (χ4n) is 3.94. The zero-order chi connectivity index (χ0) is 19.3. The Morgan fingerprint density at radius 2 is 1.70 bits per heavy atom. The molecule has 1 saturated carbocycles. The molecular weight excluding hydrogens is 464 g/mol. The molecule has 0 amide bonds. The highest BCUT2D eigenvalue weighted by Gasteiger charge is 2.48. The summed E-state index contributed by atoms with van der Waals surface area (Å²) < 4.78 is 2.09. The zero-order valence-corrected chi connectivity index (χ0v) is 19.0. The number of rotatable bonds is 9. The van der Waals surface area contributed by atoms with Crippen molar-refractivity contribution in [2.45, 2.75) is 37.5 Å². The Balaban J connectivity index is 1.62. The summed E-state index contributed by atoms with van der Waals surface area (Å²) in [6, 6.07) is 19.5. The third-order valence-corrected chi connectivity index (χ3v) is 6.94. The minimum Gasteiger partial charge on any atom is -0.306 e. The van der Waals surface area contributed by atoms with Gasteiger partial charge in [0.25, 0.3) is 0 Å². The Morgan fingerprint density at radius 3 is 2.30 bits per heavy atom. The van der Waals surface area contributed by atoms with Crippen LogP contribution in [0.25, 0.3) is 0 Å². The summed E-state index contributed by atoms with van der Waals surface area (Å²) in [7, 11) is 2.18. The molecule has 27 heavy (non-hydrogen) atoms. The molecule has 0 aliphatic heterocycles. The van der Waals surface area contributed by atoms with Crippen LogP contribution in [0.2, 0.25) is 0 Å². The lowest BCUT2D eigenvalue weighted by Crippen LogP contribution is -2.30. The van der Waals surface area contributed by atoms with E-state index in [0.717, 1.165) is 59.7 Å². The second kappa shape index (κ2) is 9.37. The maximum Gasteiger partial charge on any atom is 0.0872 e. The van der Waals surface area contributed by atoms with E-state index in [9.17, 15) is 5.26 Å². The van der Waals surface area contributed by atoms with Crippen LogP contribution in [-0.2, 0) is 11.8 Å². The molecule has 0 radical (unpaired) electrons. The average molecular weight is 490 g/mol. The molecule has 0 bridgehead atoms. The topological polar surface area (TPSA) is 27.0 Å². The van der Waals surface area contributed by atoms with Crippen LogP contribution in [0.3, 0.4) is 0 Å². The average Bonchev–Trinajstić information content (AvgIpc) is 3.51. The number of hydrogen-bond acceptors (Lipinski definition) is 2. The molecule has 1 fully saturated rings. The van der Waals surface area contributed by atoms with Gasteiger partial charge in [0.2, 0.25) is 0 Å². The first-order valence-electron chi connectivity index (χ1n) is 9.65. The molecule has 0 aromatic heterocycles. The smallest absolute Gasteiger partial charge is 0.0872 e. The van der Waals surface area contributed by atoms with Crippen molar-refractivity contribution in [1.82, 2.24) is 4.90 Å². The standard InChI is InChI=1S/C23H26Br2N2/c1-27(16-13-18-7-3-2-4-8-18)15-6-14-23(17-26,19-11-12-19)22-20(24)9-5-10-21(22)25/h2-5,7-10,19H,6,11-16H2,1H3. The van der Waals surface area contributed by atoms with Gasteiger partial charge in [0.15, 0.2) is 0 Å². The van der Waals surface area contributed by atoms with Crippen molar-refractivity contribution >= 4 is 31.9 Å². The molecule has 2 aromatic rings. The van der Waals surface area contributed by atoms with Gasteiger partial charge in [-0.15, -0.1) is 0 Å². The van der Waals surface area contributed by atoms with Crippen molar-refractivity contribution in [1.29, 1.82) is 5.26 Å². The summed E-state index contributed by atoms with van der Waals surface area (Å²) in [4.78, 5) is 2.39. The van der Waals surface area contributed by atoms with Gasteiger partial charge in [0, 0.05) is 21.1 Å². The third-order valence-electron chi connectivity index (χ3n) is 5.62. The van der Waals surface area contributed by atoms with E-state index in [-0.39, 0.29) is 5.41 Å². The third kappa shape index (κ3) is 5.02. The molecule has 0 spiro atoms. The van der Waals surface area contributed by atoms with Crippen molar-refractivity contribution < 1.29 is 0 Å². The fraction of sp³-hybridized carbons (Fsp3) is 0.435. The number of hydrogen-bond donors (Lipinski definition) is 0. The van der Waals surface area contributed by atoms with E-state index in [2.05, 4.69) is 92.3 Å². The fourth-order valence-corrected chi connectivity index (χ4v) is 5.65. The molecule has 142 valence electrons. The van der Waals surface area contributed by atoms with E-state index in [4.69, 9.17) is 0 Å². The monoisotopic (exact) mass is 488 g/mol. The highest BCUT2D eigenvalue weighted by molar-refractivity contribution is 9.11. The molecule has 0 heterocycles. The zero-order valence-electron chi connectivity index (χ0n) is 15.8. The van der Waals surface area contributed by atoms with Crippen LogP contribution >= 0.6 is 31.9 Å². The first kappa shape index (κ1) is 20.6. The van der Waals surface area contributed by atoms with Crippen LogP contribution < -0.4 is 0 Å². The van der Waals surface area contributed by atoms with E-state index < -0.39 is 0 Å². The van der Waals surface area contributed by atoms with Crippen molar-refractivity contribution in [2.75, 3.05) is 20.1 Å². The predicted molar refractivity (Wildman–Crippen MR) is 119 cm³/mol. The van der Waals surface area contributed by atoms with E-state index in [1.165, 1.54) is 5.56 Å². The molecule has 2 nitrogen and oxygen atoms in total. The summed E-state index contributed by atoms with van der Waals surface area (Å²) in [5.74, 6) is 0.479. The summed E-state index contributed by atoms with van der Waals surface area (Å²) in [6.45, 7) is 2.07. The summed E-state index contributed by atoms with van der Waals surface area (Å²) in [5, 5.41) is 10.2. The maximum absolute atomic E-state index is 10.2. The molecule has 4 heteroatoms. The molecule has 1 atom stereocenters. The molecular formula is C23H26Br2N2. The number of benzene rings is 2. The normalized spacial score (nSPS) is 16.1. The highest BCUT2D eigenvalue weighted by Crippen LogP contribution is 2.53. The van der Waals surface area contributed by atoms with Gasteiger partial charge in [-0.25, -0.2) is 0 Å². The molecule has 1 aliphatic rings. The van der Waals surface area contributed by atoms with Gasteiger partial charge in [0.05, 0.1) is 11.5 Å². The molecule has 0 N–H and O–H groups in total. The summed E-state index contributed by atoms with van der Waals surface area (Å²) in [5.41, 5.74) is 2.13. The van der Waals surface area contributed by atoms with Gasteiger partial charge in [0.1, 0.15) is 0 Å². The van der Waals surface area contributed by atoms with Gasteiger partial charge in [-0.3, -0.25) is 0 Å². The molecule has 0 saturated heterocycles. The van der Waals surface area contributed by atoms with Crippen molar-refractivity contribution in [3.8, 4) is 6.07 Å². The Bertz CT molecular complexity index is 776. The van der Waals surface area contributed by atoms with Crippen molar-refractivity contribution in [3.05, 3.63) is 68.6 Å². The van der Waals surface area contributed by atoms with Crippen LogP contribution in [0.4, 0.5) is 0 Å². The number of nitriles is 1. The Morgan fingerprint density at radius 1 is 1.04 bits per heavy atom. The second-order valence-corrected chi connectivity index (χ2v) is 9.31. The van der Waals surface area contributed by atoms with Crippen LogP contribution in [-0.4, -0.2) is 25.0 Å². The van der Waals surface area contributed by atoms with Gasteiger partial charge < -0.3 is 4.90 Å². The lowest BCUT2D eigenvalue weighted by Gasteiger charge is -2.30. The van der Waals surface area contributed by atoms with Crippen molar-refractivity contribution in [3.63, 3.8) is 0 Å². The summed E-state index contributed by atoms with van der Waals surface area (Å²) in [6.07, 6.45) is 5.32. The van der Waals surface area contributed by atoms with Gasteiger partial charge in [-0.2, -0.15) is 5.26 Å². The molecule has 3 rings (SSSR count). The minimum absolute atomic E-state index is 0.390.